The molecule has 17 heteroatoms. The molecular weight excluding hydrogens is 1210 g/mol. The molecule has 0 atom stereocenters. The third-order valence-corrected chi connectivity index (χ3v) is 12.7. The average Bonchev–Trinajstić information content (AvgIpc) is 3.62. The van der Waals surface area contributed by atoms with Crippen molar-refractivity contribution in [2.45, 2.75) is 7.43 Å². The zero-order valence-electron chi connectivity index (χ0n) is 43.1. The number of alkyl halides is 1. The van der Waals surface area contributed by atoms with Gasteiger partial charge in [0.1, 0.15) is 0 Å². The van der Waals surface area contributed by atoms with E-state index in [9.17, 15) is 13.2 Å². The van der Waals surface area contributed by atoms with Gasteiger partial charge in [0.05, 0.1) is 38.2 Å². The van der Waals surface area contributed by atoms with Crippen molar-refractivity contribution in [1.29, 1.82) is 0 Å². The minimum Gasteiger partial charge on any atom is -1.00 e. The predicted octanol–water partition coefficient (Wildman–Crippen LogP) is 19.0. The molecular formula is C62H49Br2Cl3F3N2NaO6. The molecule has 79 heavy (non-hydrogen) atoms. The Hall–Kier alpha value is -6.78. The largest absolute Gasteiger partial charge is 1.00 e. The topological polar surface area (TPSA) is 92.7 Å². The molecule has 0 radical (unpaired) electrons. The number of ether oxygens (including phenoxy) is 4. The van der Waals surface area contributed by atoms with E-state index in [-0.39, 0.29) is 59.4 Å². The van der Waals surface area contributed by atoms with Crippen LogP contribution in [0.15, 0.2) is 239 Å². The standard InChI is InChI=1S/C24H16ClNO2.C12H6BrClO2.C12H11N.C6H2BrClF2.C6H6O2.CH3F.CH4.Na.H/c25-19-15-16-20(24-23(19)27-21-13-7-8-14-22(21)28-24)26(17-9-3-1-4-10-17)18-11-5-2-6-12-18;13-7-5-6-8(14)12-11(7)15-9-3-1-2-4-10(9)16-12;1-3-7-11(8-4-1)13-12-9-5-2-6-10-12;7-3-1-2-4(8)6(10)5(3)9;7-5-3-1-2-4-6(5)8;1-2;;;/h1-16H;1-6H;1-10,13H;1-2H;1-4,7-8H;1H3;1H4;;/q;;;;;;;+1;-1/i;;;;;1D;;;. The third-order valence-electron chi connectivity index (χ3n) is 10.6. The van der Waals surface area contributed by atoms with E-state index < -0.39 is 18.8 Å². The van der Waals surface area contributed by atoms with Crippen molar-refractivity contribution in [1.82, 2.24) is 0 Å². The molecule has 0 saturated carbocycles. The van der Waals surface area contributed by atoms with Gasteiger partial charge in [-0.3, -0.25) is 4.39 Å². The fourth-order valence-electron chi connectivity index (χ4n) is 7.04. The van der Waals surface area contributed by atoms with E-state index in [1.54, 1.807) is 18.2 Å². The van der Waals surface area contributed by atoms with E-state index in [4.69, 9.17) is 65.3 Å². The van der Waals surface area contributed by atoms with Crippen molar-refractivity contribution in [3.05, 3.63) is 266 Å². The molecule has 0 amide bonds. The second-order valence-electron chi connectivity index (χ2n) is 15.7. The maximum absolute atomic E-state index is 12.5. The Morgan fingerprint density at radius 1 is 0.443 bits per heavy atom. The molecule has 12 rings (SSSR count). The van der Waals surface area contributed by atoms with Gasteiger partial charge in [-0.15, -0.1) is 0 Å². The van der Waals surface area contributed by atoms with Crippen LogP contribution in [0, 0.1) is 11.6 Å². The van der Waals surface area contributed by atoms with Crippen molar-refractivity contribution in [2.24, 2.45) is 0 Å². The van der Waals surface area contributed by atoms with Crippen molar-refractivity contribution >= 4 is 95.1 Å². The Labute approximate surface area is 513 Å². The van der Waals surface area contributed by atoms with Crippen LogP contribution in [0.3, 0.4) is 0 Å². The second kappa shape index (κ2) is 31.7. The molecule has 0 unspecified atom stereocenters. The van der Waals surface area contributed by atoms with E-state index in [1.807, 2.05) is 164 Å². The van der Waals surface area contributed by atoms with Gasteiger partial charge in [0, 0.05) is 22.7 Å². The van der Waals surface area contributed by atoms with E-state index >= 15 is 0 Å². The number of halogens is 8. The van der Waals surface area contributed by atoms with E-state index in [2.05, 4.69) is 66.3 Å². The molecule has 8 nitrogen and oxygen atoms in total. The van der Waals surface area contributed by atoms with Gasteiger partial charge >= 0.3 is 29.6 Å². The summed E-state index contributed by atoms with van der Waals surface area (Å²) in [6, 6.07) is 71.8. The van der Waals surface area contributed by atoms with Crippen LogP contribution >= 0.6 is 66.7 Å². The number of fused-ring (bicyclic) bond motifs is 4. The number of hydrogen-bond acceptors (Lipinski definition) is 8. The minimum absolute atomic E-state index is 0. The summed E-state index contributed by atoms with van der Waals surface area (Å²) in [7, 11) is -1.00. The molecule has 10 aromatic rings. The zero-order chi connectivity index (χ0) is 55.4. The number of rotatable bonds is 5. The molecule has 0 spiro atoms. The molecule has 3 N–H and O–H groups in total. The van der Waals surface area contributed by atoms with Crippen molar-refractivity contribution < 1.29 is 74.7 Å². The maximum Gasteiger partial charge on any atom is 1.00 e. The summed E-state index contributed by atoms with van der Waals surface area (Å²) in [6.45, 7) is 0. The summed E-state index contributed by atoms with van der Waals surface area (Å²) in [6.07, 6.45) is 0. The maximum atomic E-state index is 12.5. The first-order valence-electron chi connectivity index (χ1n) is 23.7. The van der Waals surface area contributed by atoms with E-state index in [0.717, 1.165) is 32.9 Å². The first-order chi connectivity index (χ1) is 37.9. The molecule has 0 bridgehead atoms. The number of para-hydroxylation sites is 10. The van der Waals surface area contributed by atoms with E-state index in [0.29, 0.717) is 56.0 Å². The Morgan fingerprint density at radius 3 is 1.19 bits per heavy atom. The first kappa shape index (κ1) is 61.4. The number of aromatic hydroxyl groups is 2. The summed E-state index contributed by atoms with van der Waals surface area (Å²) in [4.78, 5) is 2.13. The quantitative estimate of drug-likeness (QED) is 0.0679. The molecule has 0 saturated heterocycles. The Balaban J connectivity index is 0.000000229. The summed E-state index contributed by atoms with van der Waals surface area (Å²) < 4.78 is 65.1. The van der Waals surface area contributed by atoms with Gasteiger partial charge in [-0.2, -0.15) is 0 Å². The van der Waals surface area contributed by atoms with Crippen LogP contribution in [-0.2, 0) is 0 Å². The molecule has 0 aromatic heterocycles. The van der Waals surface area contributed by atoms with Gasteiger partial charge in [-0.05, 0) is 153 Å². The molecule has 400 valence electrons. The van der Waals surface area contributed by atoms with Crippen molar-refractivity contribution in [3.8, 4) is 57.5 Å². The van der Waals surface area contributed by atoms with Gasteiger partial charge in [-0.1, -0.05) is 151 Å². The number of nitrogens with one attached hydrogen (secondary N) is 1. The second-order valence-corrected chi connectivity index (χ2v) is 18.7. The van der Waals surface area contributed by atoms with Gasteiger partial charge < -0.3 is 40.8 Å². The summed E-state index contributed by atoms with van der Waals surface area (Å²) in [5.74, 6) is 2.85. The van der Waals surface area contributed by atoms with Gasteiger partial charge in [0.15, 0.2) is 69.1 Å². The van der Waals surface area contributed by atoms with Crippen molar-refractivity contribution in [3.63, 3.8) is 0 Å². The predicted molar refractivity (Wildman–Crippen MR) is 318 cm³/mol. The normalized spacial score (nSPS) is 10.6. The summed E-state index contributed by atoms with van der Waals surface area (Å²) >= 11 is 24.0. The van der Waals surface area contributed by atoms with Gasteiger partial charge in [-0.25, -0.2) is 8.78 Å². The van der Waals surface area contributed by atoms with Crippen LogP contribution in [0.4, 0.5) is 41.6 Å². The minimum atomic E-state index is -1.02. The van der Waals surface area contributed by atoms with Crippen LogP contribution in [0.25, 0.3) is 0 Å². The van der Waals surface area contributed by atoms with E-state index in [1.165, 1.54) is 24.3 Å². The van der Waals surface area contributed by atoms with Crippen LogP contribution < -0.4 is 58.7 Å². The number of phenolic OH excluding ortho intramolecular Hbond substituents is 2. The molecule has 2 aliphatic heterocycles. The fourth-order valence-corrected chi connectivity index (χ4v) is 8.26. The molecule has 0 fully saturated rings. The first-order valence-corrected chi connectivity index (χ1v) is 25.7. The molecule has 2 heterocycles. The van der Waals surface area contributed by atoms with Crippen LogP contribution in [0.2, 0.25) is 15.1 Å². The molecule has 2 aliphatic rings. The summed E-state index contributed by atoms with van der Waals surface area (Å²) in [5.41, 5.74) is 5.12. The molecule has 10 aromatic carbocycles. The number of nitrogens with zero attached hydrogens (tertiary/aromatic N) is 1. The van der Waals surface area contributed by atoms with Crippen molar-refractivity contribution in [2.75, 3.05) is 17.4 Å². The monoisotopic (exact) mass is 1260 g/mol. The SMILES string of the molecule is C.Clc1ccc(Br)c2c1Oc1ccccc1O2.Clc1ccc(N(c2ccccc2)c2ccccc2)c2c1Oc1ccccc1O2.Fc1c(Cl)ccc(Br)c1F.Oc1ccccc1O.[2H]CF.[H-].[Na+].c1ccc(Nc2ccccc2)cc1. The van der Waals surface area contributed by atoms with Crippen LogP contribution in [-0.4, -0.2) is 17.4 Å². The smallest absolute Gasteiger partial charge is 1.00 e. The number of anilines is 5. The third kappa shape index (κ3) is 17.1. The van der Waals surface area contributed by atoms with Gasteiger partial charge in [0.2, 0.25) is 0 Å². The number of hydrogen-bond donors (Lipinski definition) is 3. The Morgan fingerprint density at radius 2 is 0.772 bits per heavy atom. The number of benzene rings is 10. The van der Waals surface area contributed by atoms with Gasteiger partial charge in [0.25, 0.3) is 0 Å². The zero-order valence-corrected chi connectivity index (χ0v) is 48.6. The Kier molecular flexibility index (Phi) is 24.7. The fraction of sp³-hybridized carbons (Fsp3) is 0.0323. The Bertz CT molecular complexity index is 3370. The van der Waals surface area contributed by atoms with Crippen LogP contribution in [0.1, 0.15) is 10.2 Å². The molecule has 0 aliphatic carbocycles. The number of phenols is 2. The summed E-state index contributed by atoms with van der Waals surface area (Å²) in [5, 5.41) is 21.5. The van der Waals surface area contributed by atoms with Crippen LogP contribution in [0.5, 0.6) is 57.5 Å². The average molecular weight is 1270 g/mol.